The first-order valence-electron chi connectivity index (χ1n) is 6.15. The molecule has 0 bridgehead atoms. The van der Waals surface area contributed by atoms with Crippen molar-refractivity contribution >= 4 is 77.1 Å². The molecule has 1 rings (SSSR count). The molecule has 0 spiro atoms. The van der Waals surface area contributed by atoms with Gasteiger partial charge in [0.25, 0.3) is 0 Å². The van der Waals surface area contributed by atoms with Crippen molar-refractivity contribution in [1.29, 1.82) is 0 Å². The standard InChI is InChI=1S/C13H14Br3NO4S/c1-3-21-10(19)6-22-5-9(18)17-8-4-7(14)11(15)12(16)13(8)20-2/h4H,3,5-6H2,1-2H3,(H,17,18). The van der Waals surface area contributed by atoms with E-state index in [0.717, 1.165) is 8.95 Å². The molecule has 0 heterocycles. The van der Waals surface area contributed by atoms with Crippen LogP contribution >= 0.6 is 59.6 Å². The molecule has 0 aliphatic carbocycles. The average molecular weight is 520 g/mol. The molecule has 0 saturated heterocycles. The van der Waals surface area contributed by atoms with Crippen LogP contribution in [0.3, 0.4) is 0 Å². The number of benzene rings is 1. The molecule has 0 saturated carbocycles. The van der Waals surface area contributed by atoms with E-state index >= 15 is 0 Å². The van der Waals surface area contributed by atoms with E-state index in [2.05, 4.69) is 53.1 Å². The fourth-order valence-corrected chi connectivity index (χ4v) is 3.67. The molecule has 1 aromatic rings. The summed E-state index contributed by atoms with van der Waals surface area (Å²) in [7, 11) is 1.52. The number of hydrogen-bond acceptors (Lipinski definition) is 5. The summed E-state index contributed by atoms with van der Waals surface area (Å²) in [6, 6.07) is 1.74. The van der Waals surface area contributed by atoms with Crippen molar-refractivity contribution in [2.24, 2.45) is 0 Å². The maximum absolute atomic E-state index is 11.9. The van der Waals surface area contributed by atoms with Crippen LogP contribution < -0.4 is 10.1 Å². The number of rotatable bonds is 7. The van der Waals surface area contributed by atoms with Gasteiger partial charge in [0.2, 0.25) is 5.91 Å². The third-order valence-corrected chi connectivity index (χ3v) is 6.53. The number of methoxy groups -OCH3 is 1. The fourth-order valence-electron chi connectivity index (χ4n) is 1.49. The summed E-state index contributed by atoms with van der Waals surface area (Å²) >= 11 is 11.4. The van der Waals surface area contributed by atoms with Crippen molar-refractivity contribution in [3.05, 3.63) is 19.5 Å². The summed E-state index contributed by atoms with van der Waals surface area (Å²) in [5.74, 6) is 0.249. The molecule has 0 radical (unpaired) electrons. The third-order valence-electron chi connectivity index (χ3n) is 2.35. The van der Waals surface area contributed by atoms with Crippen molar-refractivity contribution in [2.75, 3.05) is 30.5 Å². The normalized spacial score (nSPS) is 10.2. The Hall–Kier alpha value is -0.250. The number of carbonyl (C=O) groups is 2. The van der Waals surface area contributed by atoms with Crippen LogP contribution in [0.1, 0.15) is 6.92 Å². The van der Waals surface area contributed by atoms with E-state index in [0.29, 0.717) is 22.5 Å². The maximum atomic E-state index is 11.9. The second-order valence-corrected chi connectivity index (χ2v) is 7.34. The zero-order valence-corrected chi connectivity index (χ0v) is 17.4. The molecule has 1 amide bonds. The SMILES string of the molecule is CCOC(=O)CSCC(=O)Nc1cc(Br)c(Br)c(Br)c1OC. The first-order valence-corrected chi connectivity index (χ1v) is 9.68. The predicted octanol–water partition coefficient (Wildman–Crippen LogP) is 4.22. The minimum Gasteiger partial charge on any atom is -0.493 e. The summed E-state index contributed by atoms with van der Waals surface area (Å²) in [6.45, 7) is 2.08. The molecule has 1 N–H and O–H groups in total. The zero-order chi connectivity index (χ0) is 16.7. The molecule has 0 aliphatic rings. The summed E-state index contributed by atoms with van der Waals surface area (Å²) in [5, 5.41) is 2.76. The quantitative estimate of drug-likeness (QED) is 0.432. The molecule has 0 atom stereocenters. The lowest BCUT2D eigenvalue weighted by Crippen LogP contribution is -2.17. The maximum Gasteiger partial charge on any atom is 0.315 e. The van der Waals surface area contributed by atoms with Gasteiger partial charge in [0.15, 0.2) is 5.75 Å². The second kappa shape index (κ2) is 9.79. The van der Waals surface area contributed by atoms with Gasteiger partial charge in [-0.2, -0.15) is 0 Å². The van der Waals surface area contributed by atoms with E-state index < -0.39 is 0 Å². The molecular formula is C13H14Br3NO4S. The lowest BCUT2D eigenvalue weighted by atomic mass is 10.3. The van der Waals surface area contributed by atoms with E-state index in [1.54, 1.807) is 13.0 Å². The summed E-state index contributed by atoms with van der Waals surface area (Å²) in [6.07, 6.45) is 0. The van der Waals surface area contributed by atoms with E-state index in [9.17, 15) is 9.59 Å². The molecule has 122 valence electrons. The zero-order valence-electron chi connectivity index (χ0n) is 11.9. The van der Waals surface area contributed by atoms with Crippen molar-refractivity contribution in [3.8, 4) is 5.75 Å². The second-order valence-electron chi connectivity index (χ2n) is 3.91. The van der Waals surface area contributed by atoms with Crippen LogP contribution in [0.4, 0.5) is 5.69 Å². The van der Waals surface area contributed by atoms with Crippen LogP contribution in [-0.4, -0.2) is 37.1 Å². The number of amides is 1. The van der Waals surface area contributed by atoms with Crippen molar-refractivity contribution < 1.29 is 19.1 Å². The molecule has 9 heteroatoms. The number of ether oxygens (including phenoxy) is 2. The van der Waals surface area contributed by atoms with Gasteiger partial charge in [-0.25, -0.2) is 0 Å². The highest BCUT2D eigenvalue weighted by atomic mass is 79.9. The Bertz CT molecular complexity index is 569. The van der Waals surface area contributed by atoms with Crippen LogP contribution in [0.5, 0.6) is 5.75 Å². The monoisotopic (exact) mass is 517 g/mol. The minimum absolute atomic E-state index is 0.145. The average Bonchev–Trinajstić information content (AvgIpc) is 2.45. The van der Waals surface area contributed by atoms with Crippen LogP contribution in [0.2, 0.25) is 0 Å². The number of nitrogens with one attached hydrogen (secondary N) is 1. The number of anilines is 1. The van der Waals surface area contributed by atoms with Gasteiger partial charge < -0.3 is 14.8 Å². The highest BCUT2D eigenvalue weighted by molar-refractivity contribution is 9.14. The Kier molecular flexibility index (Phi) is 8.81. The molecule has 0 aliphatic heterocycles. The Morgan fingerprint density at radius 3 is 2.50 bits per heavy atom. The number of carbonyl (C=O) groups excluding carboxylic acids is 2. The van der Waals surface area contributed by atoms with Crippen molar-refractivity contribution in [2.45, 2.75) is 6.92 Å². The Morgan fingerprint density at radius 2 is 1.91 bits per heavy atom. The number of halogens is 3. The Morgan fingerprint density at radius 1 is 1.23 bits per heavy atom. The van der Waals surface area contributed by atoms with Gasteiger partial charge in [-0.3, -0.25) is 9.59 Å². The summed E-state index contributed by atoms with van der Waals surface area (Å²) < 4.78 is 12.3. The molecule has 0 unspecified atom stereocenters. The van der Waals surface area contributed by atoms with Gasteiger partial charge in [-0.05, 0) is 60.8 Å². The lowest BCUT2D eigenvalue weighted by Gasteiger charge is -2.14. The first kappa shape index (κ1) is 19.8. The molecule has 5 nitrogen and oxygen atoms in total. The molecular weight excluding hydrogens is 506 g/mol. The van der Waals surface area contributed by atoms with E-state index in [-0.39, 0.29) is 23.4 Å². The van der Waals surface area contributed by atoms with Gasteiger partial charge >= 0.3 is 5.97 Å². The minimum atomic E-state index is -0.327. The van der Waals surface area contributed by atoms with Gasteiger partial charge in [-0.1, -0.05) is 0 Å². The van der Waals surface area contributed by atoms with Crippen LogP contribution in [0, 0.1) is 0 Å². The number of thioether (sulfide) groups is 1. The third kappa shape index (κ3) is 5.75. The molecule has 0 aromatic heterocycles. The number of hydrogen-bond donors (Lipinski definition) is 1. The topological polar surface area (TPSA) is 64.6 Å². The Labute approximate surface area is 158 Å². The molecule has 1 aromatic carbocycles. The smallest absolute Gasteiger partial charge is 0.315 e. The Balaban J connectivity index is 2.67. The highest BCUT2D eigenvalue weighted by Crippen LogP contribution is 2.43. The first-order chi connectivity index (χ1) is 10.4. The van der Waals surface area contributed by atoms with E-state index in [1.165, 1.54) is 18.9 Å². The van der Waals surface area contributed by atoms with Crippen LogP contribution in [-0.2, 0) is 14.3 Å². The van der Waals surface area contributed by atoms with Crippen LogP contribution in [0.25, 0.3) is 0 Å². The van der Waals surface area contributed by atoms with E-state index in [1.807, 2.05) is 0 Å². The highest BCUT2D eigenvalue weighted by Gasteiger charge is 2.16. The van der Waals surface area contributed by atoms with E-state index in [4.69, 9.17) is 9.47 Å². The summed E-state index contributed by atoms with van der Waals surface area (Å²) in [4.78, 5) is 23.1. The lowest BCUT2D eigenvalue weighted by molar-refractivity contribution is -0.139. The van der Waals surface area contributed by atoms with Gasteiger partial charge in [0.05, 0.1) is 35.4 Å². The molecule has 22 heavy (non-hydrogen) atoms. The van der Waals surface area contributed by atoms with Crippen molar-refractivity contribution in [1.82, 2.24) is 0 Å². The summed E-state index contributed by atoms with van der Waals surface area (Å²) in [5.41, 5.74) is 0.534. The van der Waals surface area contributed by atoms with Crippen molar-refractivity contribution in [3.63, 3.8) is 0 Å². The fraction of sp³-hybridized carbons (Fsp3) is 0.385. The van der Waals surface area contributed by atoms with Gasteiger partial charge in [0.1, 0.15) is 0 Å². The van der Waals surface area contributed by atoms with Gasteiger partial charge in [-0.15, -0.1) is 11.8 Å². The van der Waals surface area contributed by atoms with Crippen LogP contribution in [0.15, 0.2) is 19.5 Å². The van der Waals surface area contributed by atoms with Gasteiger partial charge in [0, 0.05) is 8.95 Å². The number of esters is 1. The largest absolute Gasteiger partial charge is 0.493 e. The molecule has 0 fully saturated rings. The predicted molar refractivity (Wildman–Crippen MR) is 98.7 cm³/mol.